The molecule has 12 heteroatoms. The topological polar surface area (TPSA) is 108 Å². The Kier molecular flexibility index (Phi) is 7.59. The van der Waals surface area contributed by atoms with Crippen molar-refractivity contribution in [2.45, 2.75) is 45.4 Å². The van der Waals surface area contributed by atoms with E-state index < -0.39 is 29.7 Å². The van der Waals surface area contributed by atoms with Crippen LogP contribution < -0.4 is 10.1 Å². The van der Waals surface area contributed by atoms with Gasteiger partial charge in [0.15, 0.2) is 17.7 Å². The van der Waals surface area contributed by atoms with Gasteiger partial charge in [-0.1, -0.05) is 24.6 Å². The summed E-state index contributed by atoms with van der Waals surface area (Å²) in [7, 11) is 1.28. The van der Waals surface area contributed by atoms with Gasteiger partial charge in [-0.25, -0.2) is 9.48 Å². The van der Waals surface area contributed by atoms with E-state index in [0.29, 0.717) is 12.2 Å². The quantitative estimate of drug-likeness (QED) is 0.448. The lowest BCUT2D eigenvalue weighted by molar-refractivity contribution is -0.137. The largest absolute Gasteiger partial charge is 0.493 e. The van der Waals surface area contributed by atoms with Gasteiger partial charge in [0, 0.05) is 6.07 Å². The van der Waals surface area contributed by atoms with E-state index in [-0.39, 0.29) is 29.4 Å². The van der Waals surface area contributed by atoms with E-state index in [1.54, 1.807) is 6.92 Å². The van der Waals surface area contributed by atoms with Crippen molar-refractivity contribution in [2.24, 2.45) is 0 Å². The number of aromatic nitrogens is 3. The Labute approximate surface area is 192 Å². The van der Waals surface area contributed by atoms with Crippen molar-refractivity contribution < 1.29 is 36.8 Å². The molecule has 182 valence electrons. The first-order valence-electron chi connectivity index (χ1n) is 10.4. The van der Waals surface area contributed by atoms with Gasteiger partial charge in [-0.3, -0.25) is 4.79 Å². The molecule has 0 saturated carbocycles. The minimum Gasteiger partial charge on any atom is -0.493 e. The summed E-state index contributed by atoms with van der Waals surface area (Å²) in [5.41, 5.74) is -1.09. The number of methoxy groups -OCH3 is 1. The van der Waals surface area contributed by atoms with Gasteiger partial charge in [0.05, 0.1) is 24.6 Å². The number of halogens is 3. The van der Waals surface area contributed by atoms with Gasteiger partial charge in [0.1, 0.15) is 5.76 Å². The van der Waals surface area contributed by atoms with E-state index in [1.165, 1.54) is 31.5 Å². The lowest BCUT2D eigenvalue weighted by Crippen LogP contribution is -2.33. The van der Waals surface area contributed by atoms with Crippen molar-refractivity contribution in [2.75, 3.05) is 12.4 Å². The van der Waals surface area contributed by atoms with Crippen LogP contribution in [0.1, 0.15) is 48.0 Å². The maximum absolute atomic E-state index is 13.1. The number of esters is 1. The van der Waals surface area contributed by atoms with Crippen LogP contribution in [0.15, 0.2) is 41.1 Å². The Hall–Kier alpha value is -3.83. The molecular formula is C22H23F3N4O5. The van der Waals surface area contributed by atoms with Gasteiger partial charge in [0.25, 0.3) is 5.91 Å². The van der Waals surface area contributed by atoms with Crippen LogP contribution >= 0.6 is 0 Å². The zero-order valence-corrected chi connectivity index (χ0v) is 18.7. The van der Waals surface area contributed by atoms with Crippen LogP contribution in [0.2, 0.25) is 0 Å². The van der Waals surface area contributed by atoms with Gasteiger partial charge in [-0.15, -0.1) is 0 Å². The molecule has 3 rings (SSSR count). The highest BCUT2D eigenvalue weighted by atomic mass is 19.4. The third kappa shape index (κ3) is 5.94. The number of anilines is 1. The molecule has 0 bridgehead atoms. The average Bonchev–Trinajstić information content (AvgIpc) is 3.42. The number of carbonyl (C=O) groups is 2. The van der Waals surface area contributed by atoms with Crippen LogP contribution in [-0.4, -0.2) is 40.0 Å². The summed E-state index contributed by atoms with van der Waals surface area (Å²) in [4.78, 5) is 25.5. The van der Waals surface area contributed by atoms with Crippen LogP contribution in [0.5, 0.6) is 5.75 Å². The lowest BCUT2D eigenvalue weighted by atomic mass is 10.1. The molecule has 0 saturated heterocycles. The molecule has 34 heavy (non-hydrogen) atoms. The first kappa shape index (κ1) is 24.8. The summed E-state index contributed by atoms with van der Waals surface area (Å²) in [6, 6.07) is 5.94. The Balaban J connectivity index is 1.83. The number of benzene rings is 1. The summed E-state index contributed by atoms with van der Waals surface area (Å²) in [6.45, 7) is 3.57. The van der Waals surface area contributed by atoms with Crippen molar-refractivity contribution in [1.29, 1.82) is 0 Å². The van der Waals surface area contributed by atoms with E-state index in [1.807, 2.05) is 6.92 Å². The van der Waals surface area contributed by atoms with Gasteiger partial charge in [-0.05, 0) is 38.0 Å². The molecule has 0 aliphatic carbocycles. The smallest absolute Gasteiger partial charge is 0.416 e. The van der Waals surface area contributed by atoms with Crippen molar-refractivity contribution >= 4 is 17.7 Å². The van der Waals surface area contributed by atoms with Crippen LogP contribution in [0.3, 0.4) is 0 Å². The Morgan fingerprint density at radius 2 is 2.03 bits per heavy atom. The first-order chi connectivity index (χ1) is 16.1. The minimum atomic E-state index is -4.54. The molecule has 9 nitrogen and oxygen atoms in total. The van der Waals surface area contributed by atoms with Crippen LogP contribution in [0, 0.1) is 6.92 Å². The highest BCUT2D eigenvalue weighted by Gasteiger charge is 2.31. The van der Waals surface area contributed by atoms with E-state index in [2.05, 4.69) is 15.6 Å². The molecule has 3 aromatic rings. The van der Waals surface area contributed by atoms with Crippen LogP contribution in [0.4, 0.5) is 19.0 Å². The van der Waals surface area contributed by atoms with Crippen LogP contribution in [0.25, 0.3) is 5.69 Å². The molecule has 1 aromatic carbocycles. The zero-order chi connectivity index (χ0) is 24.9. The van der Waals surface area contributed by atoms with E-state index in [0.717, 1.165) is 23.2 Å². The number of carbonyl (C=O) groups excluding carboxylic acids is 2. The van der Waals surface area contributed by atoms with Crippen molar-refractivity contribution in [3.63, 3.8) is 0 Å². The van der Waals surface area contributed by atoms with E-state index in [9.17, 15) is 22.8 Å². The monoisotopic (exact) mass is 480 g/mol. The normalized spacial score (nSPS) is 12.3. The Morgan fingerprint density at radius 1 is 1.26 bits per heavy atom. The highest BCUT2D eigenvalue weighted by Crippen LogP contribution is 2.31. The number of ether oxygens (including phenoxy) is 2. The molecule has 2 heterocycles. The third-order valence-corrected chi connectivity index (χ3v) is 4.77. The predicted octanol–water partition coefficient (Wildman–Crippen LogP) is 4.55. The second-order valence-corrected chi connectivity index (χ2v) is 7.39. The number of unbranched alkanes of at least 4 members (excludes halogenated alkanes) is 1. The molecule has 0 spiro atoms. The standard InChI is InChI=1S/C22H23F3N4O5/c1-4-5-9-16(20(30)26-18-10-13(2)34-28-18)33-21(31)19-17(32-3)12-29(27-19)15-8-6-7-14(11-15)22(23,24)25/h6-8,10-12,16H,4-5,9H2,1-3H3,(H,26,28,30). The number of hydrogen-bond acceptors (Lipinski definition) is 7. The summed E-state index contributed by atoms with van der Waals surface area (Å²) in [5, 5.41) is 10.3. The molecule has 1 amide bonds. The Morgan fingerprint density at radius 3 is 2.65 bits per heavy atom. The molecule has 0 aliphatic heterocycles. The number of aryl methyl sites for hydroxylation is 1. The predicted molar refractivity (Wildman–Crippen MR) is 114 cm³/mol. The summed E-state index contributed by atoms with van der Waals surface area (Å²) < 4.78 is 55.7. The average molecular weight is 480 g/mol. The van der Waals surface area contributed by atoms with Crippen molar-refractivity contribution in [3.05, 3.63) is 53.5 Å². The highest BCUT2D eigenvalue weighted by molar-refractivity contribution is 5.97. The number of amides is 1. The minimum absolute atomic E-state index is 0.0239. The summed E-state index contributed by atoms with van der Waals surface area (Å²) in [6.07, 6.45) is -2.87. The number of nitrogens with one attached hydrogen (secondary N) is 1. The molecule has 2 aromatic heterocycles. The lowest BCUT2D eigenvalue weighted by Gasteiger charge is -2.16. The van der Waals surface area contributed by atoms with Gasteiger partial charge in [-0.2, -0.15) is 18.3 Å². The van der Waals surface area contributed by atoms with Gasteiger partial charge < -0.3 is 19.3 Å². The molecular weight excluding hydrogens is 457 g/mol. The number of nitrogens with zero attached hydrogens (tertiary/aromatic N) is 3. The van der Waals surface area contributed by atoms with E-state index in [4.69, 9.17) is 14.0 Å². The van der Waals surface area contributed by atoms with Crippen molar-refractivity contribution in [1.82, 2.24) is 14.9 Å². The molecule has 0 radical (unpaired) electrons. The number of rotatable bonds is 9. The molecule has 1 unspecified atom stereocenters. The van der Waals surface area contributed by atoms with Gasteiger partial charge >= 0.3 is 12.1 Å². The van der Waals surface area contributed by atoms with Crippen LogP contribution in [-0.2, 0) is 15.7 Å². The number of alkyl halides is 3. The third-order valence-electron chi connectivity index (χ3n) is 4.77. The second-order valence-electron chi connectivity index (χ2n) is 7.39. The maximum atomic E-state index is 13.1. The second kappa shape index (κ2) is 10.4. The van der Waals surface area contributed by atoms with Gasteiger partial charge in [0.2, 0.25) is 5.69 Å². The summed E-state index contributed by atoms with van der Waals surface area (Å²) >= 11 is 0. The molecule has 0 aliphatic rings. The molecule has 0 fully saturated rings. The van der Waals surface area contributed by atoms with E-state index >= 15 is 0 Å². The first-order valence-corrected chi connectivity index (χ1v) is 10.4. The zero-order valence-electron chi connectivity index (χ0n) is 18.7. The fraction of sp³-hybridized carbons (Fsp3) is 0.364. The molecule has 1 N–H and O–H groups in total. The Bertz CT molecular complexity index is 1160. The van der Waals surface area contributed by atoms with Crippen molar-refractivity contribution in [3.8, 4) is 11.4 Å². The fourth-order valence-corrected chi connectivity index (χ4v) is 3.06. The number of hydrogen-bond donors (Lipinski definition) is 1. The summed E-state index contributed by atoms with van der Waals surface area (Å²) in [5.74, 6) is -0.931. The SMILES string of the molecule is CCCCC(OC(=O)c1nn(-c2cccc(C(F)(F)F)c2)cc1OC)C(=O)Nc1cc(C)on1. The fourth-order valence-electron chi connectivity index (χ4n) is 3.06. The molecule has 1 atom stereocenters. The maximum Gasteiger partial charge on any atom is 0.416 e.